The van der Waals surface area contributed by atoms with Crippen LogP contribution in [0.2, 0.25) is 0 Å². The van der Waals surface area contributed by atoms with Gasteiger partial charge in [-0.25, -0.2) is 12.7 Å². The van der Waals surface area contributed by atoms with Crippen molar-refractivity contribution in [2.75, 3.05) is 18.8 Å². The quantitative estimate of drug-likeness (QED) is 0.741. The van der Waals surface area contributed by atoms with Crippen LogP contribution in [0.25, 0.3) is 0 Å². The minimum absolute atomic E-state index is 0.208. The lowest BCUT2D eigenvalue weighted by Crippen LogP contribution is -2.42. The third kappa shape index (κ3) is 3.98. The minimum atomic E-state index is -4.65. The Labute approximate surface area is 87.3 Å². The molecular weight excluding hydrogens is 231 g/mol. The van der Waals surface area contributed by atoms with Gasteiger partial charge in [0.1, 0.15) is 0 Å². The van der Waals surface area contributed by atoms with E-state index in [9.17, 15) is 21.6 Å². The largest absolute Gasteiger partial charge is 0.404 e. The summed E-state index contributed by atoms with van der Waals surface area (Å²) in [7, 11) is -4.16. The highest BCUT2D eigenvalue weighted by atomic mass is 32.2. The van der Waals surface area contributed by atoms with Crippen molar-refractivity contribution >= 4 is 10.0 Å². The molecule has 0 aliphatic carbocycles. The van der Waals surface area contributed by atoms with Crippen LogP contribution in [0.5, 0.6) is 0 Å². The van der Waals surface area contributed by atoms with E-state index in [1.54, 1.807) is 0 Å². The maximum Gasteiger partial charge on any atom is 0.404 e. The lowest BCUT2D eigenvalue weighted by atomic mass is 10.0. The number of nitrogens with zero attached hydrogens (tertiary/aromatic N) is 1. The van der Waals surface area contributed by atoms with Crippen molar-refractivity contribution in [1.82, 2.24) is 4.31 Å². The van der Waals surface area contributed by atoms with Crippen LogP contribution in [-0.2, 0) is 10.0 Å². The highest BCUT2D eigenvalue weighted by molar-refractivity contribution is 7.89. The zero-order chi connectivity index (χ0) is 11.7. The molecule has 1 saturated heterocycles. The molecule has 1 aliphatic rings. The summed E-state index contributed by atoms with van der Waals surface area (Å²) in [5, 5.41) is 0. The van der Waals surface area contributed by atoms with Crippen LogP contribution in [0.1, 0.15) is 19.8 Å². The fourth-order valence-electron chi connectivity index (χ4n) is 1.56. The number of sulfonamides is 1. The first kappa shape index (κ1) is 12.8. The predicted molar refractivity (Wildman–Crippen MR) is 49.8 cm³/mol. The molecule has 3 nitrogen and oxygen atoms in total. The fraction of sp³-hybridized carbons (Fsp3) is 1.00. The van der Waals surface area contributed by atoms with E-state index in [0.717, 1.165) is 4.31 Å². The fourth-order valence-corrected chi connectivity index (χ4v) is 2.92. The Morgan fingerprint density at radius 2 is 1.73 bits per heavy atom. The van der Waals surface area contributed by atoms with Gasteiger partial charge in [-0.3, -0.25) is 0 Å². The van der Waals surface area contributed by atoms with E-state index in [0.29, 0.717) is 18.8 Å². The van der Waals surface area contributed by atoms with Gasteiger partial charge in [0.25, 0.3) is 0 Å². The summed E-state index contributed by atoms with van der Waals surface area (Å²) in [5.41, 5.74) is 0. The first-order valence-electron chi connectivity index (χ1n) is 4.75. The normalized spacial score (nSPS) is 21.9. The van der Waals surface area contributed by atoms with E-state index in [2.05, 4.69) is 0 Å². The SMILES string of the molecule is CC1CCN(S(=O)(=O)CC(F)(F)F)CC1. The summed E-state index contributed by atoms with van der Waals surface area (Å²) in [6, 6.07) is 0. The first-order chi connectivity index (χ1) is 6.71. The number of hydrogen-bond donors (Lipinski definition) is 0. The summed E-state index contributed by atoms with van der Waals surface area (Å²) in [6.07, 6.45) is -3.38. The van der Waals surface area contributed by atoms with Crippen LogP contribution in [0.3, 0.4) is 0 Å². The van der Waals surface area contributed by atoms with Crippen molar-refractivity contribution < 1.29 is 21.6 Å². The Morgan fingerprint density at radius 1 is 1.27 bits per heavy atom. The van der Waals surface area contributed by atoms with Gasteiger partial charge in [-0.1, -0.05) is 6.92 Å². The third-order valence-electron chi connectivity index (χ3n) is 2.48. The van der Waals surface area contributed by atoms with E-state index in [4.69, 9.17) is 0 Å². The number of halogens is 3. The molecule has 0 N–H and O–H groups in total. The molecule has 0 aromatic rings. The van der Waals surface area contributed by atoms with E-state index in [-0.39, 0.29) is 13.1 Å². The molecule has 7 heteroatoms. The Kier molecular flexibility index (Phi) is 3.65. The molecule has 1 fully saturated rings. The van der Waals surface area contributed by atoms with Crippen LogP contribution in [0.4, 0.5) is 13.2 Å². The van der Waals surface area contributed by atoms with Gasteiger partial charge in [-0.05, 0) is 18.8 Å². The van der Waals surface area contributed by atoms with Crippen molar-refractivity contribution in [3.63, 3.8) is 0 Å². The average Bonchev–Trinajstić information content (AvgIpc) is 2.00. The molecule has 0 spiro atoms. The number of hydrogen-bond acceptors (Lipinski definition) is 2. The summed E-state index contributed by atoms with van der Waals surface area (Å²) in [4.78, 5) is 0. The molecule has 0 atom stereocenters. The summed E-state index contributed by atoms with van der Waals surface area (Å²) >= 11 is 0. The van der Waals surface area contributed by atoms with Crippen molar-refractivity contribution in [3.8, 4) is 0 Å². The van der Waals surface area contributed by atoms with Crippen molar-refractivity contribution in [3.05, 3.63) is 0 Å². The maximum atomic E-state index is 12.0. The van der Waals surface area contributed by atoms with E-state index >= 15 is 0 Å². The van der Waals surface area contributed by atoms with Crippen LogP contribution >= 0.6 is 0 Å². The zero-order valence-corrected chi connectivity index (χ0v) is 9.24. The second kappa shape index (κ2) is 4.29. The Balaban J connectivity index is 2.63. The molecular formula is C8H14F3NO2S. The number of alkyl halides is 3. The highest BCUT2D eigenvalue weighted by Crippen LogP contribution is 2.23. The van der Waals surface area contributed by atoms with Gasteiger partial charge in [0.05, 0.1) is 0 Å². The topological polar surface area (TPSA) is 37.4 Å². The molecule has 0 unspecified atom stereocenters. The van der Waals surface area contributed by atoms with Crippen LogP contribution < -0.4 is 0 Å². The molecule has 0 bridgehead atoms. The smallest absolute Gasteiger partial charge is 0.212 e. The molecule has 90 valence electrons. The summed E-state index contributed by atoms with van der Waals surface area (Å²) in [6.45, 7) is 2.38. The summed E-state index contributed by atoms with van der Waals surface area (Å²) < 4.78 is 59.5. The van der Waals surface area contributed by atoms with Crippen LogP contribution in [0.15, 0.2) is 0 Å². The van der Waals surface area contributed by atoms with E-state index < -0.39 is 22.0 Å². The number of piperidine rings is 1. The number of rotatable bonds is 2. The van der Waals surface area contributed by atoms with Gasteiger partial charge in [0.15, 0.2) is 5.75 Å². The molecule has 0 saturated carbocycles. The van der Waals surface area contributed by atoms with Crippen LogP contribution in [0, 0.1) is 5.92 Å². The maximum absolute atomic E-state index is 12.0. The Bertz CT molecular complexity index is 304. The minimum Gasteiger partial charge on any atom is -0.212 e. The third-order valence-corrected chi connectivity index (χ3v) is 4.33. The molecule has 15 heavy (non-hydrogen) atoms. The van der Waals surface area contributed by atoms with Gasteiger partial charge < -0.3 is 0 Å². The zero-order valence-electron chi connectivity index (χ0n) is 8.42. The second-order valence-electron chi connectivity index (χ2n) is 3.95. The molecule has 0 aromatic heterocycles. The molecule has 1 heterocycles. The molecule has 0 aromatic carbocycles. The van der Waals surface area contributed by atoms with Gasteiger partial charge in [-0.2, -0.15) is 13.2 Å². The predicted octanol–water partition coefficient (Wildman–Crippen LogP) is 1.61. The molecule has 1 rings (SSSR count). The lowest BCUT2D eigenvalue weighted by Gasteiger charge is -2.29. The monoisotopic (exact) mass is 245 g/mol. The van der Waals surface area contributed by atoms with Crippen LogP contribution in [-0.4, -0.2) is 37.7 Å². The Hall–Kier alpha value is -0.300. The van der Waals surface area contributed by atoms with Gasteiger partial charge in [-0.15, -0.1) is 0 Å². The highest BCUT2D eigenvalue weighted by Gasteiger charge is 2.39. The average molecular weight is 245 g/mol. The van der Waals surface area contributed by atoms with Crippen molar-refractivity contribution in [1.29, 1.82) is 0 Å². The summed E-state index contributed by atoms with van der Waals surface area (Å²) in [5.74, 6) is -1.35. The molecule has 0 radical (unpaired) electrons. The molecule has 1 aliphatic heterocycles. The van der Waals surface area contributed by atoms with E-state index in [1.165, 1.54) is 0 Å². The van der Waals surface area contributed by atoms with Gasteiger partial charge in [0.2, 0.25) is 10.0 Å². The van der Waals surface area contributed by atoms with Gasteiger partial charge in [0, 0.05) is 13.1 Å². The van der Waals surface area contributed by atoms with E-state index in [1.807, 2.05) is 6.92 Å². The first-order valence-corrected chi connectivity index (χ1v) is 6.36. The van der Waals surface area contributed by atoms with Gasteiger partial charge >= 0.3 is 6.18 Å². The molecule has 0 amide bonds. The second-order valence-corrected chi connectivity index (χ2v) is 5.92. The lowest BCUT2D eigenvalue weighted by molar-refractivity contribution is -0.107. The van der Waals surface area contributed by atoms with Crippen molar-refractivity contribution in [2.45, 2.75) is 25.9 Å². The standard InChI is InChI=1S/C8H14F3NO2S/c1-7-2-4-12(5-3-7)15(13,14)6-8(9,10)11/h7H,2-6H2,1H3. The Morgan fingerprint density at radius 3 is 2.13 bits per heavy atom. The van der Waals surface area contributed by atoms with Crippen molar-refractivity contribution in [2.24, 2.45) is 5.92 Å².